The zero-order valence-electron chi connectivity index (χ0n) is 17.7. The van der Waals surface area contributed by atoms with Gasteiger partial charge >= 0.3 is 0 Å². The topological polar surface area (TPSA) is 49.3 Å². The second-order valence-electron chi connectivity index (χ2n) is 7.74. The van der Waals surface area contributed by atoms with E-state index in [1.165, 1.54) is 77.0 Å². The molecule has 0 aromatic heterocycles. The SMILES string of the molecule is CCCCCCCCCCCCCCCc1cc(O)ccc1NC(=O)CC. The van der Waals surface area contributed by atoms with Crippen molar-refractivity contribution in [3.05, 3.63) is 23.8 Å². The number of carbonyl (C=O) groups excluding carboxylic acids is 1. The first-order valence-corrected chi connectivity index (χ1v) is 11.3. The van der Waals surface area contributed by atoms with Gasteiger partial charge in [0.25, 0.3) is 0 Å². The number of anilines is 1. The van der Waals surface area contributed by atoms with E-state index in [0.717, 1.165) is 24.1 Å². The quantitative estimate of drug-likeness (QED) is 0.234. The van der Waals surface area contributed by atoms with Crippen molar-refractivity contribution < 1.29 is 9.90 Å². The molecular formula is C24H41NO2. The molecule has 0 aliphatic carbocycles. The zero-order valence-corrected chi connectivity index (χ0v) is 17.7. The van der Waals surface area contributed by atoms with E-state index in [-0.39, 0.29) is 11.7 Å². The summed E-state index contributed by atoms with van der Waals surface area (Å²) in [6.07, 6.45) is 18.9. The molecule has 2 N–H and O–H groups in total. The van der Waals surface area contributed by atoms with Crippen LogP contribution in [-0.2, 0) is 11.2 Å². The van der Waals surface area contributed by atoms with E-state index in [2.05, 4.69) is 12.2 Å². The Kier molecular flexibility index (Phi) is 13.5. The van der Waals surface area contributed by atoms with Crippen LogP contribution in [-0.4, -0.2) is 11.0 Å². The molecule has 3 heteroatoms. The van der Waals surface area contributed by atoms with Crippen LogP contribution >= 0.6 is 0 Å². The Morgan fingerprint density at radius 1 is 0.815 bits per heavy atom. The Morgan fingerprint density at radius 3 is 1.85 bits per heavy atom. The molecule has 27 heavy (non-hydrogen) atoms. The maximum absolute atomic E-state index is 11.6. The third kappa shape index (κ3) is 11.7. The van der Waals surface area contributed by atoms with Gasteiger partial charge < -0.3 is 10.4 Å². The van der Waals surface area contributed by atoms with E-state index in [9.17, 15) is 9.90 Å². The van der Waals surface area contributed by atoms with Crippen molar-refractivity contribution in [1.82, 2.24) is 0 Å². The van der Waals surface area contributed by atoms with Gasteiger partial charge in [0.05, 0.1) is 0 Å². The standard InChI is InChI=1S/C24H41NO2/c1-3-5-6-7-8-9-10-11-12-13-14-15-16-17-21-20-22(26)18-19-23(21)25-24(27)4-2/h18-20,26H,3-17H2,1-2H3,(H,25,27). The van der Waals surface area contributed by atoms with Crippen LogP contribution < -0.4 is 5.32 Å². The molecule has 0 aliphatic rings. The number of amides is 1. The lowest BCUT2D eigenvalue weighted by Crippen LogP contribution is -2.11. The summed E-state index contributed by atoms with van der Waals surface area (Å²) in [7, 11) is 0. The monoisotopic (exact) mass is 375 g/mol. The Bertz CT molecular complexity index is 513. The minimum atomic E-state index is 0.0207. The van der Waals surface area contributed by atoms with Gasteiger partial charge in [0.1, 0.15) is 5.75 Å². The highest BCUT2D eigenvalue weighted by Crippen LogP contribution is 2.24. The van der Waals surface area contributed by atoms with Crippen molar-refractivity contribution in [2.45, 2.75) is 110 Å². The van der Waals surface area contributed by atoms with Crippen molar-refractivity contribution >= 4 is 11.6 Å². The number of hydrogen-bond donors (Lipinski definition) is 2. The number of rotatable bonds is 16. The fourth-order valence-corrected chi connectivity index (χ4v) is 3.48. The van der Waals surface area contributed by atoms with E-state index >= 15 is 0 Å². The largest absolute Gasteiger partial charge is 0.508 e. The normalized spacial score (nSPS) is 10.9. The first-order valence-electron chi connectivity index (χ1n) is 11.3. The maximum Gasteiger partial charge on any atom is 0.224 e. The van der Waals surface area contributed by atoms with Crippen LogP contribution in [0.25, 0.3) is 0 Å². The maximum atomic E-state index is 11.6. The second kappa shape index (κ2) is 15.5. The zero-order chi connectivity index (χ0) is 19.7. The molecule has 3 nitrogen and oxygen atoms in total. The lowest BCUT2D eigenvalue weighted by molar-refractivity contribution is -0.115. The van der Waals surface area contributed by atoms with Gasteiger partial charge in [0.15, 0.2) is 0 Å². The molecular weight excluding hydrogens is 334 g/mol. The summed E-state index contributed by atoms with van der Waals surface area (Å²) in [6.45, 7) is 4.12. The lowest BCUT2D eigenvalue weighted by Gasteiger charge is -2.11. The van der Waals surface area contributed by atoms with Crippen molar-refractivity contribution in [3.63, 3.8) is 0 Å². The highest BCUT2D eigenvalue weighted by Gasteiger charge is 2.06. The molecule has 1 rings (SSSR count). The summed E-state index contributed by atoms with van der Waals surface area (Å²) in [4.78, 5) is 11.6. The van der Waals surface area contributed by atoms with E-state index in [1.54, 1.807) is 18.2 Å². The number of phenols is 1. The van der Waals surface area contributed by atoms with Crippen LogP contribution in [0.1, 0.15) is 109 Å². The van der Waals surface area contributed by atoms with Gasteiger partial charge in [-0.05, 0) is 36.6 Å². The van der Waals surface area contributed by atoms with Gasteiger partial charge in [-0.3, -0.25) is 4.79 Å². The number of benzene rings is 1. The summed E-state index contributed by atoms with van der Waals surface area (Å²) in [5, 5.41) is 12.7. The molecule has 0 fully saturated rings. The molecule has 0 atom stereocenters. The van der Waals surface area contributed by atoms with E-state index in [4.69, 9.17) is 0 Å². The summed E-state index contributed by atoms with van der Waals surface area (Å²) in [5.74, 6) is 0.293. The number of phenolic OH excluding ortho intramolecular Hbond substituents is 1. The first kappa shape index (κ1) is 23.5. The Balaban J connectivity index is 2.08. The van der Waals surface area contributed by atoms with E-state index < -0.39 is 0 Å². The third-order valence-corrected chi connectivity index (χ3v) is 5.23. The number of aromatic hydroxyl groups is 1. The number of unbranched alkanes of at least 4 members (excludes halogenated alkanes) is 12. The Hall–Kier alpha value is -1.51. The van der Waals surface area contributed by atoms with Crippen LogP contribution in [0.2, 0.25) is 0 Å². The van der Waals surface area contributed by atoms with Crippen molar-refractivity contribution in [3.8, 4) is 5.75 Å². The average Bonchev–Trinajstić information content (AvgIpc) is 2.67. The number of carbonyl (C=O) groups is 1. The summed E-state index contributed by atoms with van der Waals surface area (Å²) >= 11 is 0. The molecule has 0 saturated heterocycles. The van der Waals surface area contributed by atoms with E-state index in [0.29, 0.717) is 6.42 Å². The molecule has 1 amide bonds. The molecule has 0 spiro atoms. The van der Waals surface area contributed by atoms with Crippen molar-refractivity contribution in [2.75, 3.05) is 5.32 Å². The molecule has 0 saturated carbocycles. The molecule has 0 heterocycles. The minimum Gasteiger partial charge on any atom is -0.508 e. The fourth-order valence-electron chi connectivity index (χ4n) is 3.48. The molecule has 0 radical (unpaired) electrons. The number of aryl methyl sites for hydroxylation is 1. The second-order valence-corrected chi connectivity index (χ2v) is 7.74. The Labute approximate surface area is 167 Å². The number of nitrogens with one attached hydrogen (secondary N) is 1. The average molecular weight is 376 g/mol. The Morgan fingerprint density at radius 2 is 1.33 bits per heavy atom. The number of hydrogen-bond acceptors (Lipinski definition) is 2. The molecule has 1 aromatic carbocycles. The predicted octanol–water partition coefficient (Wildman–Crippen LogP) is 7.37. The third-order valence-electron chi connectivity index (χ3n) is 5.23. The molecule has 154 valence electrons. The first-order chi connectivity index (χ1) is 13.2. The van der Waals surface area contributed by atoms with Crippen LogP contribution in [0.4, 0.5) is 5.69 Å². The van der Waals surface area contributed by atoms with Crippen LogP contribution in [0.5, 0.6) is 5.75 Å². The smallest absolute Gasteiger partial charge is 0.224 e. The fraction of sp³-hybridized carbons (Fsp3) is 0.708. The van der Waals surface area contributed by atoms with E-state index in [1.807, 2.05) is 6.92 Å². The van der Waals surface area contributed by atoms with Gasteiger partial charge in [-0.25, -0.2) is 0 Å². The van der Waals surface area contributed by atoms with Gasteiger partial charge in [-0.15, -0.1) is 0 Å². The predicted molar refractivity (Wildman–Crippen MR) is 116 cm³/mol. The van der Waals surface area contributed by atoms with Gasteiger partial charge in [-0.1, -0.05) is 90.9 Å². The molecule has 0 aliphatic heterocycles. The lowest BCUT2D eigenvalue weighted by atomic mass is 10.0. The summed E-state index contributed by atoms with van der Waals surface area (Å²) in [5.41, 5.74) is 1.89. The summed E-state index contributed by atoms with van der Waals surface area (Å²) in [6, 6.07) is 5.23. The van der Waals surface area contributed by atoms with Crippen molar-refractivity contribution in [1.29, 1.82) is 0 Å². The molecule has 0 bridgehead atoms. The van der Waals surface area contributed by atoms with Gasteiger partial charge in [0, 0.05) is 12.1 Å². The van der Waals surface area contributed by atoms with Crippen LogP contribution in [0.15, 0.2) is 18.2 Å². The highest BCUT2D eigenvalue weighted by molar-refractivity contribution is 5.91. The highest BCUT2D eigenvalue weighted by atomic mass is 16.3. The minimum absolute atomic E-state index is 0.0207. The van der Waals surface area contributed by atoms with Gasteiger partial charge in [-0.2, -0.15) is 0 Å². The van der Waals surface area contributed by atoms with Crippen LogP contribution in [0, 0.1) is 0 Å². The van der Waals surface area contributed by atoms with Crippen LogP contribution in [0.3, 0.4) is 0 Å². The summed E-state index contributed by atoms with van der Waals surface area (Å²) < 4.78 is 0. The van der Waals surface area contributed by atoms with Crippen molar-refractivity contribution in [2.24, 2.45) is 0 Å². The van der Waals surface area contributed by atoms with Gasteiger partial charge in [0.2, 0.25) is 5.91 Å². The molecule has 1 aromatic rings. The molecule has 0 unspecified atom stereocenters.